The minimum Gasteiger partial charge on any atom is -0.460 e. The lowest BCUT2D eigenvalue weighted by Crippen LogP contribution is -2.13. The number of esters is 1. The van der Waals surface area contributed by atoms with Crippen LogP contribution in [0.4, 0.5) is 0 Å². The van der Waals surface area contributed by atoms with Crippen LogP contribution >= 0.6 is 23.4 Å². The number of aromatic nitrogens is 3. The molecule has 3 rings (SSSR count). The molecule has 0 bridgehead atoms. The number of rotatable bonds is 6. The van der Waals surface area contributed by atoms with Gasteiger partial charge in [0.1, 0.15) is 6.61 Å². The summed E-state index contributed by atoms with van der Waals surface area (Å²) in [4.78, 5) is 11.9. The van der Waals surface area contributed by atoms with Crippen molar-refractivity contribution in [1.29, 1.82) is 0 Å². The molecule has 0 amide bonds. The van der Waals surface area contributed by atoms with Crippen LogP contribution in [0, 0.1) is 0 Å². The number of carbonyl (C=O) groups excluding carboxylic acids is 1. The van der Waals surface area contributed by atoms with Gasteiger partial charge in [0.2, 0.25) is 5.16 Å². The van der Waals surface area contributed by atoms with Gasteiger partial charge in [-0.05, 0) is 29.8 Å². The van der Waals surface area contributed by atoms with Gasteiger partial charge in [-0.25, -0.2) is 4.68 Å². The van der Waals surface area contributed by atoms with Crippen molar-refractivity contribution in [2.75, 3.05) is 11.6 Å². The number of ether oxygens (including phenoxy) is 1. The number of carbonyl (C=O) groups is 1. The summed E-state index contributed by atoms with van der Waals surface area (Å²) in [5, 5.41) is 9.13. The highest BCUT2D eigenvalue weighted by Crippen LogP contribution is 2.23. The number of halogens is 1. The predicted molar refractivity (Wildman–Crippen MR) is 97.6 cm³/mol. The van der Waals surface area contributed by atoms with Crippen molar-refractivity contribution < 1.29 is 9.53 Å². The lowest BCUT2D eigenvalue weighted by molar-refractivity contribution is -0.141. The van der Waals surface area contributed by atoms with Gasteiger partial charge in [-0.3, -0.25) is 4.79 Å². The lowest BCUT2D eigenvalue weighted by atomic mass is 10.2. The third-order valence-electron chi connectivity index (χ3n) is 3.33. The smallest absolute Gasteiger partial charge is 0.316 e. The number of nitrogens with two attached hydrogens (primary N) is 1. The van der Waals surface area contributed by atoms with E-state index in [4.69, 9.17) is 22.2 Å². The Morgan fingerprint density at radius 1 is 1.12 bits per heavy atom. The Hall–Kier alpha value is -2.51. The Morgan fingerprint density at radius 2 is 1.84 bits per heavy atom. The fraction of sp³-hybridized carbons (Fsp3) is 0.118. The Balaban J connectivity index is 1.56. The van der Waals surface area contributed by atoms with E-state index in [9.17, 15) is 4.79 Å². The third kappa shape index (κ3) is 4.52. The van der Waals surface area contributed by atoms with E-state index in [2.05, 4.69) is 10.2 Å². The standard InChI is InChI=1S/C17H15ClN4O2S/c18-14-8-6-13(7-9-14)16-20-21-17(22(16)19)25-11-15(23)24-10-12-4-2-1-3-5-12/h1-9H,10-11,19H2. The fourth-order valence-corrected chi connectivity index (χ4v) is 2.85. The average molecular weight is 375 g/mol. The second-order valence-electron chi connectivity index (χ2n) is 5.12. The molecule has 0 aliphatic carbocycles. The Labute approximate surface area is 153 Å². The Bertz CT molecular complexity index is 853. The van der Waals surface area contributed by atoms with Crippen molar-refractivity contribution >= 4 is 29.3 Å². The van der Waals surface area contributed by atoms with Crippen LogP contribution in [0.2, 0.25) is 5.02 Å². The van der Waals surface area contributed by atoms with E-state index < -0.39 is 0 Å². The van der Waals surface area contributed by atoms with Crippen molar-refractivity contribution in [3.63, 3.8) is 0 Å². The van der Waals surface area contributed by atoms with Crippen molar-refractivity contribution in [1.82, 2.24) is 14.9 Å². The number of hydrogen-bond acceptors (Lipinski definition) is 6. The van der Waals surface area contributed by atoms with Crippen LogP contribution in [-0.4, -0.2) is 26.6 Å². The highest BCUT2D eigenvalue weighted by atomic mass is 35.5. The van der Waals surface area contributed by atoms with E-state index in [1.807, 2.05) is 30.3 Å². The van der Waals surface area contributed by atoms with E-state index in [-0.39, 0.29) is 18.3 Å². The van der Waals surface area contributed by atoms with E-state index >= 15 is 0 Å². The van der Waals surface area contributed by atoms with Crippen LogP contribution in [0.5, 0.6) is 0 Å². The summed E-state index contributed by atoms with van der Waals surface area (Å²) in [5.41, 5.74) is 1.73. The predicted octanol–water partition coefficient (Wildman–Crippen LogP) is 3.15. The van der Waals surface area contributed by atoms with Crippen LogP contribution in [0.25, 0.3) is 11.4 Å². The summed E-state index contributed by atoms with van der Waals surface area (Å²) in [6, 6.07) is 16.6. The molecule has 0 saturated heterocycles. The van der Waals surface area contributed by atoms with Gasteiger partial charge in [-0.15, -0.1) is 10.2 Å². The molecule has 0 aliphatic heterocycles. The minimum absolute atomic E-state index is 0.1000. The molecule has 0 unspecified atom stereocenters. The SMILES string of the molecule is Nn1c(SCC(=O)OCc2ccccc2)nnc1-c1ccc(Cl)cc1. The first-order valence-electron chi connectivity index (χ1n) is 7.42. The van der Waals surface area contributed by atoms with Gasteiger partial charge in [0.15, 0.2) is 5.82 Å². The van der Waals surface area contributed by atoms with Gasteiger partial charge >= 0.3 is 5.97 Å². The second kappa shape index (κ2) is 8.04. The van der Waals surface area contributed by atoms with Crippen LogP contribution in [0.3, 0.4) is 0 Å². The molecule has 1 heterocycles. The average Bonchev–Trinajstić information content (AvgIpc) is 3.00. The molecule has 0 spiro atoms. The maximum Gasteiger partial charge on any atom is 0.316 e. The van der Waals surface area contributed by atoms with E-state index in [0.717, 1.165) is 11.1 Å². The zero-order valence-corrected chi connectivity index (χ0v) is 14.7. The summed E-state index contributed by atoms with van der Waals surface area (Å²) < 4.78 is 6.57. The van der Waals surface area contributed by atoms with Gasteiger partial charge in [0.25, 0.3) is 0 Å². The molecule has 2 aromatic carbocycles. The molecule has 0 radical (unpaired) electrons. The van der Waals surface area contributed by atoms with Crippen LogP contribution in [-0.2, 0) is 16.1 Å². The maximum atomic E-state index is 11.9. The zero-order chi connectivity index (χ0) is 17.6. The first-order valence-corrected chi connectivity index (χ1v) is 8.78. The summed E-state index contributed by atoms with van der Waals surface area (Å²) in [7, 11) is 0. The molecule has 6 nitrogen and oxygen atoms in total. The van der Waals surface area contributed by atoms with Crippen LogP contribution < -0.4 is 5.84 Å². The van der Waals surface area contributed by atoms with Crippen molar-refractivity contribution in [2.45, 2.75) is 11.8 Å². The molecule has 25 heavy (non-hydrogen) atoms. The van der Waals surface area contributed by atoms with E-state index in [0.29, 0.717) is 16.0 Å². The molecule has 0 saturated carbocycles. The zero-order valence-electron chi connectivity index (χ0n) is 13.1. The van der Waals surface area contributed by atoms with Gasteiger partial charge in [0.05, 0.1) is 5.75 Å². The second-order valence-corrected chi connectivity index (χ2v) is 6.50. The topological polar surface area (TPSA) is 83.0 Å². The number of benzene rings is 2. The molecule has 0 aliphatic rings. The van der Waals surface area contributed by atoms with Crippen LogP contribution in [0.1, 0.15) is 5.56 Å². The van der Waals surface area contributed by atoms with Gasteiger partial charge in [-0.1, -0.05) is 53.7 Å². The Morgan fingerprint density at radius 3 is 2.56 bits per heavy atom. The molecule has 3 aromatic rings. The third-order valence-corrected chi connectivity index (χ3v) is 4.50. The number of nitrogen functional groups attached to an aromatic ring is 1. The molecular weight excluding hydrogens is 360 g/mol. The summed E-state index contributed by atoms with van der Waals surface area (Å²) in [6.07, 6.45) is 0. The Kier molecular flexibility index (Phi) is 5.57. The fourth-order valence-electron chi connectivity index (χ4n) is 2.07. The first kappa shape index (κ1) is 17.3. The molecule has 128 valence electrons. The normalized spacial score (nSPS) is 10.6. The summed E-state index contributed by atoms with van der Waals surface area (Å²) >= 11 is 7.05. The minimum atomic E-state index is -0.343. The quantitative estimate of drug-likeness (QED) is 0.405. The number of nitrogens with zero attached hydrogens (tertiary/aromatic N) is 3. The highest BCUT2D eigenvalue weighted by Gasteiger charge is 2.14. The molecule has 2 N–H and O–H groups in total. The number of thioether (sulfide) groups is 1. The molecule has 1 aromatic heterocycles. The van der Waals surface area contributed by atoms with Crippen molar-refractivity contribution in [2.24, 2.45) is 0 Å². The molecule has 0 fully saturated rings. The summed E-state index contributed by atoms with van der Waals surface area (Å²) in [6.45, 7) is 0.242. The van der Waals surface area contributed by atoms with Gasteiger partial charge in [-0.2, -0.15) is 0 Å². The highest BCUT2D eigenvalue weighted by molar-refractivity contribution is 7.99. The lowest BCUT2D eigenvalue weighted by Gasteiger charge is -2.05. The number of hydrogen-bond donors (Lipinski definition) is 1. The van der Waals surface area contributed by atoms with Crippen molar-refractivity contribution in [3.8, 4) is 11.4 Å². The van der Waals surface area contributed by atoms with Gasteiger partial charge < -0.3 is 10.6 Å². The van der Waals surface area contributed by atoms with Crippen molar-refractivity contribution in [3.05, 3.63) is 65.2 Å². The maximum absolute atomic E-state index is 11.9. The molecular formula is C17H15ClN4O2S. The molecule has 0 atom stereocenters. The van der Waals surface area contributed by atoms with Gasteiger partial charge in [0, 0.05) is 10.6 Å². The largest absolute Gasteiger partial charge is 0.460 e. The van der Waals surface area contributed by atoms with Crippen LogP contribution in [0.15, 0.2) is 59.8 Å². The van der Waals surface area contributed by atoms with E-state index in [1.165, 1.54) is 16.4 Å². The van der Waals surface area contributed by atoms with E-state index in [1.54, 1.807) is 24.3 Å². The molecule has 8 heteroatoms. The monoisotopic (exact) mass is 374 g/mol. The summed E-state index contributed by atoms with van der Waals surface area (Å²) in [5.74, 6) is 6.26. The first-order chi connectivity index (χ1) is 12.1.